The Bertz CT molecular complexity index is 455. The lowest BCUT2D eigenvalue weighted by molar-refractivity contribution is -0.385. The summed E-state index contributed by atoms with van der Waals surface area (Å²) in [7, 11) is 0. The van der Waals surface area contributed by atoms with Crippen molar-refractivity contribution in [3.8, 4) is 0 Å². The van der Waals surface area contributed by atoms with E-state index in [1.54, 1.807) is 6.07 Å². The average molecular weight is 221 g/mol. The number of nitrogens with zero attached hydrogens (tertiary/aromatic N) is 1. The van der Waals surface area contributed by atoms with Crippen molar-refractivity contribution in [1.82, 2.24) is 0 Å². The molecule has 0 aromatic heterocycles. The standard InChI is InChI=1S/C10H11N3O3/c11-8-5-4-7(2-1-3-10(12)14)9(6-8)13(15)16/h1-2,4-6H,3,11H2,(H2,12,14). The van der Waals surface area contributed by atoms with E-state index in [1.165, 1.54) is 24.3 Å². The summed E-state index contributed by atoms with van der Waals surface area (Å²) in [5.74, 6) is -0.491. The van der Waals surface area contributed by atoms with Gasteiger partial charge in [-0.25, -0.2) is 0 Å². The van der Waals surface area contributed by atoms with E-state index >= 15 is 0 Å². The van der Waals surface area contributed by atoms with Gasteiger partial charge in [-0.05, 0) is 12.1 Å². The molecule has 84 valence electrons. The molecule has 0 fully saturated rings. The van der Waals surface area contributed by atoms with Crippen LogP contribution in [0.25, 0.3) is 6.08 Å². The van der Waals surface area contributed by atoms with E-state index < -0.39 is 10.8 Å². The second-order valence-corrected chi connectivity index (χ2v) is 3.15. The van der Waals surface area contributed by atoms with Gasteiger partial charge in [0.1, 0.15) is 0 Å². The van der Waals surface area contributed by atoms with E-state index in [2.05, 4.69) is 0 Å². The number of benzene rings is 1. The number of primary amides is 1. The molecule has 0 aliphatic rings. The van der Waals surface area contributed by atoms with Crippen LogP contribution in [0.2, 0.25) is 0 Å². The Hall–Kier alpha value is -2.37. The van der Waals surface area contributed by atoms with Crippen molar-refractivity contribution >= 4 is 23.4 Å². The molecule has 1 aromatic rings. The molecule has 0 aliphatic carbocycles. The van der Waals surface area contributed by atoms with Crippen LogP contribution in [0.3, 0.4) is 0 Å². The first-order valence-electron chi connectivity index (χ1n) is 4.49. The maximum Gasteiger partial charge on any atom is 0.278 e. The minimum Gasteiger partial charge on any atom is -0.399 e. The number of nitro groups is 1. The fraction of sp³-hybridized carbons (Fsp3) is 0.100. The normalized spacial score (nSPS) is 10.5. The number of carbonyl (C=O) groups is 1. The molecule has 0 spiro atoms. The molecule has 0 heterocycles. The Morgan fingerprint density at radius 3 is 2.75 bits per heavy atom. The summed E-state index contributed by atoms with van der Waals surface area (Å²) < 4.78 is 0. The van der Waals surface area contributed by atoms with Crippen molar-refractivity contribution in [2.75, 3.05) is 5.73 Å². The molecule has 0 saturated carbocycles. The lowest BCUT2D eigenvalue weighted by Crippen LogP contribution is -2.07. The van der Waals surface area contributed by atoms with E-state index in [1.807, 2.05) is 0 Å². The molecule has 0 aliphatic heterocycles. The molecule has 1 rings (SSSR count). The third-order valence-corrected chi connectivity index (χ3v) is 1.87. The monoisotopic (exact) mass is 221 g/mol. The first-order chi connectivity index (χ1) is 7.50. The van der Waals surface area contributed by atoms with Crippen LogP contribution in [0.5, 0.6) is 0 Å². The smallest absolute Gasteiger partial charge is 0.278 e. The highest BCUT2D eigenvalue weighted by Gasteiger charge is 2.11. The van der Waals surface area contributed by atoms with E-state index in [4.69, 9.17) is 11.5 Å². The molecular weight excluding hydrogens is 210 g/mol. The molecule has 0 bridgehead atoms. The summed E-state index contributed by atoms with van der Waals surface area (Å²) in [5.41, 5.74) is 11.0. The number of carbonyl (C=O) groups excluding carboxylic acids is 1. The lowest BCUT2D eigenvalue weighted by atomic mass is 10.1. The van der Waals surface area contributed by atoms with Gasteiger partial charge < -0.3 is 11.5 Å². The number of nitrogens with two attached hydrogens (primary N) is 2. The quantitative estimate of drug-likeness (QED) is 0.449. The van der Waals surface area contributed by atoms with Crippen LogP contribution in [0, 0.1) is 10.1 Å². The number of nitrogen functional groups attached to an aromatic ring is 1. The molecule has 16 heavy (non-hydrogen) atoms. The Labute approximate surface area is 91.7 Å². The summed E-state index contributed by atoms with van der Waals surface area (Å²) in [4.78, 5) is 20.6. The van der Waals surface area contributed by atoms with Crippen LogP contribution in [0.4, 0.5) is 11.4 Å². The lowest BCUT2D eigenvalue weighted by Gasteiger charge is -1.98. The van der Waals surface area contributed by atoms with Crippen LogP contribution in [-0.2, 0) is 4.79 Å². The Morgan fingerprint density at radius 1 is 1.50 bits per heavy atom. The van der Waals surface area contributed by atoms with Gasteiger partial charge >= 0.3 is 0 Å². The highest BCUT2D eigenvalue weighted by Crippen LogP contribution is 2.22. The first-order valence-corrected chi connectivity index (χ1v) is 4.49. The topological polar surface area (TPSA) is 112 Å². The van der Waals surface area contributed by atoms with Gasteiger partial charge in [-0.1, -0.05) is 12.2 Å². The van der Waals surface area contributed by atoms with Crippen LogP contribution < -0.4 is 11.5 Å². The van der Waals surface area contributed by atoms with Crippen molar-refractivity contribution in [2.45, 2.75) is 6.42 Å². The minimum atomic E-state index is -0.527. The number of amides is 1. The molecule has 1 aromatic carbocycles. The number of anilines is 1. The second kappa shape index (κ2) is 4.92. The van der Waals surface area contributed by atoms with Crippen molar-refractivity contribution < 1.29 is 9.72 Å². The number of hydrogen-bond donors (Lipinski definition) is 2. The fourth-order valence-electron chi connectivity index (χ4n) is 1.16. The number of hydrogen-bond acceptors (Lipinski definition) is 4. The zero-order valence-electron chi connectivity index (χ0n) is 8.42. The maximum atomic E-state index is 10.7. The fourth-order valence-corrected chi connectivity index (χ4v) is 1.16. The van der Waals surface area contributed by atoms with E-state index in [-0.39, 0.29) is 12.1 Å². The average Bonchev–Trinajstić information content (AvgIpc) is 2.19. The van der Waals surface area contributed by atoms with Crippen LogP contribution >= 0.6 is 0 Å². The molecule has 6 heteroatoms. The summed E-state index contributed by atoms with van der Waals surface area (Å²) in [5, 5.41) is 10.7. The molecule has 0 saturated heterocycles. The summed E-state index contributed by atoms with van der Waals surface area (Å²) >= 11 is 0. The van der Waals surface area contributed by atoms with Gasteiger partial charge in [-0.2, -0.15) is 0 Å². The Kier molecular flexibility index (Phi) is 3.60. The number of nitro benzene ring substituents is 1. The van der Waals surface area contributed by atoms with Gasteiger partial charge in [0.25, 0.3) is 5.69 Å². The first kappa shape index (κ1) is 11.7. The maximum absolute atomic E-state index is 10.7. The summed E-state index contributed by atoms with van der Waals surface area (Å²) in [6, 6.07) is 4.34. The van der Waals surface area contributed by atoms with Crippen LogP contribution in [-0.4, -0.2) is 10.8 Å². The zero-order valence-corrected chi connectivity index (χ0v) is 8.42. The van der Waals surface area contributed by atoms with Crippen LogP contribution in [0.15, 0.2) is 24.3 Å². The van der Waals surface area contributed by atoms with Crippen molar-refractivity contribution in [1.29, 1.82) is 0 Å². The van der Waals surface area contributed by atoms with Crippen molar-refractivity contribution in [3.05, 3.63) is 40.0 Å². The van der Waals surface area contributed by atoms with E-state index in [9.17, 15) is 14.9 Å². The molecule has 0 unspecified atom stereocenters. The van der Waals surface area contributed by atoms with Gasteiger partial charge in [-0.3, -0.25) is 14.9 Å². The van der Waals surface area contributed by atoms with Crippen LogP contribution in [0.1, 0.15) is 12.0 Å². The third-order valence-electron chi connectivity index (χ3n) is 1.87. The summed E-state index contributed by atoms with van der Waals surface area (Å²) in [6.45, 7) is 0. The van der Waals surface area contributed by atoms with Crippen molar-refractivity contribution in [3.63, 3.8) is 0 Å². The molecule has 0 radical (unpaired) electrons. The summed E-state index contributed by atoms with van der Waals surface area (Å²) in [6.07, 6.45) is 2.99. The largest absolute Gasteiger partial charge is 0.399 e. The predicted octanol–water partition coefficient (Wildman–Crippen LogP) is 1.07. The molecule has 0 atom stereocenters. The molecule has 6 nitrogen and oxygen atoms in total. The number of rotatable bonds is 4. The zero-order chi connectivity index (χ0) is 12.1. The van der Waals surface area contributed by atoms with Crippen molar-refractivity contribution in [2.24, 2.45) is 5.73 Å². The molecule has 4 N–H and O–H groups in total. The third kappa shape index (κ3) is 3.09. The Morgan fingerprint density at radius 2 is 2.19 bits per heavy atom. The van der Waals surface area contributed by atoms with E-state index in [0.717, 1.165) is 0 Å². The van der Waals surface area contributed by atoms with Gasteiger partial charge in [-0.15, -0.1) is 0 Å². The second-order valence-electron chi connectivity index (χ2n) is 3.15. The van der Waals surface area contributed by atoms with Gasteiger partial charge in [0.15, 0.2) is 0 Å². The predicted molar refractivity (Wildman–Crippen MR) is 60.4 cm³/mol. The SMILES string of the molecule is NC(=O)CC=Cc1ccc(N)cc1[N+](=O)[O-]. The minimum absolute atomic E-state index is 0.0432. The van der Waals surface area contributed by atoms with Gasteiger partial charge in [0.05, 0.1) is 10.5 Å². The Balaban J connectivity index is 2.99. The highest BCUT2D eigenvalue weighted by molar-refractivity contribution is 5.77. The molecule has 1 amide bonds. The van der Waals surface area contributed by atoms with Gasteiger partial charge in [0, 0.05) is 18.2 Å². The van der Waals surface area contributed by atoms with E-state index in [0.29, 0.717) is 11.3 Å². The van der Waals surface area contributed by atoms with Gasteiger partial charge in [0.2, 0.25) is 5.91 Å². The highest BCUT2D eigenvalue weighted by atomic mass is 16.6. The molecular formula is C10H11N3O3.